The van der Waals surface area contributed by atoms with Crippen LogP contribution in [0.5, 0.6) is 0 Å². The molecule has 5 nitrogen and oxygen atoms in total. The predicted molar refractivity (Wildman–Crippen MR) is 119 cm³/mol. The summed E-state index contributed by atoms with van der Waals surface area (Å²) in [4.78, 5) is 11.9. The van der Waals surface area contributed by atoms with Gasteiger partial charge >= 0.3 is 0 Å². The second-order valence-electron chi connectivity index (χ2n) is 5.35. The van der Waals surface area contributed by atoms with Crippen LogP contribution in [0.15, 0.2) is 62.3 Å². The molecule has 0 fully saturated rings. The van der Waals surface area contributed by atoms with Crippen molar-refractivity contribution in [2.75, 3.05) is 5.75 Å². The zero-order chi connectivity index (χ0) is 19.8. The van der Waals surface area contributed by atoms with Gasteiger partial charge in [0.2, 0.25) is 0 Å². The van der Waals surface area contributed by atoms with Crippen LogP contribution >= 0.6 is 58.1 Å². The lowest BCUT2D eigenvalue weighted by Gasteiger charge is -2.00. The van der Waals surface area contributed by atoms with Crippen molar-refractivity contribution < 1.29 is 4.79 Å². The first-order chi connectivity index (χ1) is 13.6. The number of nitrogens with zero attached hydrogens (tertiary/aromatic N) is 3. The number of rotatable bonds is 8. The van der Waals surface area contributed by atoms with Gasteiger partial charge < -0.3 is 0 Å². The molecule has 1 heterocycles. The van der Waals surface area contributed by atoms with E-state index in [-0.39, 0.29) is 11.7 Å². The molecular formula is C18H14Cl2N4OS3. The number of halogens is 2. The van der Waals surface area contributed by atoms with Crippen molar-refractivity contribution >= 4 is 70.2 Å². The number of hydrogen-bond acceptors (Lipinski definition) is 7. The van der Waals surface area contributed by atoms with Crippen LogP contribution < -0.4 is 5.43 Å². The standard InChI is InChI=1S/C18H14Cl2N4OS3/c19-14-6-3-4-12(8-14)9-21-22-16(25)11-27-18-24-23-17(28-18)26-10-13-5-1-2-7-15(13)20/h1-9H,10-11H2,(H,22,25). The van der Waals surface area contributed by atoms with E-state index in [4.69, 9.17) is 23.2 Å². The molecule has 0 radical (unpaired) electrons. The summed E-state index contributed by atoms with van der Waals surface area (Å²) in [6, 6.07) is 14.9. The van der Waals surface area contributed by atoms with E-state index in [9.17, 15) is 4.79 Å². The highest BCUT2D eigenvalue weighted by molar-refractivity contribution is 8.03. The van der Waals surface area contributed by atoms with E-state index in [2.05, 4.69) is 20.7 Å². The number of amides is 1. The first kappa shape index (κ1) is 21.1. The Kier molecular flexibility index (Phi) is 8.17. The van der Waals surface area contributed by atoms with Gasteiger partial charge in [0, 0.05) is 15.8 Å². The molecule has 0 aliphatic rings. The SMILES string of the molecule is O=C(CSc1nnc(SCc2ccccc2Cl)s1)NN=Cc1cccc(Cl)c1. The summed E-state index contributed by atoms with van der Waals surface area (Å²) in [5.74, 6) is 0.706. The van der Waals surface area contributed by atoms with Gasteiger partial charge in [0.15, 0.2) is 8.68 Å². The van der Waals surface area contributed by atoms with Crippen molar-refractivity contribution in [3.05, 3.63) is 69.7 Å². The Morgan fingerprint density at radius 3 is 2.68 bits per heavy atom. The monoisotopic (exact) mass is 468 g/mol. The Labute approximate surface area is 184 Å². The van der Waals surface area contributed by atoms with Crippen LogP contribution in [0.2, 0.25) is 10.0 Å². The molecule has 144 valence electrons. The number of hydrazone groups is 1. The number of carbonyl (C=O) groups excluding carboxylic acids is 1. The molecule has 0 unspecified atom stereocenters. The van der Waals surface area contributed by atoms with Gasteiger partial charge in [-0.3, -0.25) is 4.79 Å². The minimum absolute atomic E-state index is 0.205. The van der Waals surface area contributed by atoms with Gasteiger partial charge in [-0.15, -0.1) is 10.2 Å². The van der Waals surface area contributed by atoms with Gasteiger partial charge in [0.1, 0.15) is 0 Å². The Bertz CT molecular complexity index is 981. The van der Waals surface area contributed by atoms with E-state index in [1.54, 1.807) is 30.1 Å². The number of hydrogen-bond donors (Lipinski definition) is 1. The van der Waals surface area contributed by atoms with Gasteiger partial charge in [0.05, 0.1) is 12.0 Å². The Balaban J connectivity index is 1.42. The first-order valence-corrected chi connectivity index (χ1v) is 11.5. The third-order valence-corrected chi connectivity index (χ3v) is 7.12. The minimum atomic E-state index is -0.219. The average molecular weight is 469 g/mol. The van der Waals surface area contributed by atoms with E-state index in [1.165, 1.54) is 23.1 Å². The van der Waals surface area contributed by atoms with Gasteiger partial charge in [-0.1, -0.05) is 88.4 Å². The summed E-state index contributed by atoms with van der Waals surface area (Å²) < 4.78 is 1.57. The maximum absolute atomic E-state index is 11.9. The average Bonchev–Trinajstić information content (AvgIpc) is 3.14. The lowest BCUT2D eigenvalue weighted by molar-refractivity contribution is -0.118. The fourth-order valence-corrected chi connectivity index (χ4v) is 5.29. The molecule has 2 aromatic carbocycles. The fraction of sp³-hybridized carbons (Fsp3) is 0.111. The van der Waals surface area contributed by atoms with Gasteiger partial charge in [-0.2, -0.15) is 5.10 Å². The zero-order valence-corrected chi connectivity index (χ0v) is 18.3. The summed E-state index contributed by atoms with van der Waals surface area (Å²) in [5.41, 5.74) is 4.35. The van der Waals surface area contributed by atoms with Crippen molar-refractivity contribution in [1.82, 2.24) is 15.6 Å². The third-order valence-electron chi connectivity index (χ3n) is 3.28. The van der Waals surface area contributed by atoms with Crippen LogP contribution in [-0.4, -0.2) is 28.1 Å². The normalized spacial score (nSPS) is 11.1. The van der Waals surface area contributed by atoms with E-state index in [0.717, 1.165) is 30.6 Å². The molecule has 0 saturated heterocycles. The molecule has 0 aliphatic heterocycles. The van der Waals surface area contributed by atoms with Crippen LogP contribution in [0.3, 0.4) is 0 Å². The number of thioether (sulfide) groups is 2. The van der Waals surface area contributed by atoms with Crippen LogP contribution in [-0.2, 0) is 10.5 Å². The van der Waals surface area contributed by atoms with Crippen molar-refractivity contribution in [2.45, 2.75) is 14.4 Å². The summed E-state index contributed by atoms with van der Waals surface area (Å²) in [5, 5.41) is 13.5. The maximum atomic E-state index is 11.9. The largest absolute Gasteiger partial charge is 0.272 e. The van der Waals surface area contributed by atoms with Crippen molar-refractivity contribution in [3.8, 4) is 0 Å². The number of nitrogens with one attached hydrogen (secondary N) is 1. The summed E-state index contributed by atoms with van der Waals surface area (Å²) in [7, 11) is 0. The number of benzene rings is 2. The van der Waals surface area contributed by atoms with Crippen LogP contribution in [0.4, 0.5) is 0 Å². The quantitative estimate of drug-likeness (QED) is 0.273. The summed E-state index contributed by atoms with van der Waals surface area (Å²) >= 11 is 16.4. The van der Waals surface area contributed by atoms with E-state index in [1.807, 2.05) is 36.4 Å². The van der Waals surface area contributed by atoms with E-state index in [0.29, 0.717) is 5.02 Å². The molecule has 10 heteroatoms. The van der Waals surface area contributed by atoms with Crippen LogP contribution in [0, 0.1) is 0 Å². The van der Waals surface area contributed by atoms with Crippen molar-refractivity contribution in [1.29, 1.82) is 0 Å². The first-order valence-electron chi connectivity index (χ1n) is 8.00. The minimum Gasteiger partial charge on any atom is -0.272 e. The number of carbonyl (C=O) groups is 1. The van der Waals surface area contributed by atoms with E-state index < -0.39 is 0 Å². The summed E-state index contributed by atoms with van der Waals surface area (Å²) in [6.07, 6.45) is 1.54. The Morgan fingerprint density at radius 2 is 1.89 bits per heavy atom. The summed E-state index contributed by atoms with van der Waals surface area (Å²) in [6.45, 7) is 0. The molecule has 28 heavy (non-hydrogen) atoms. The molecule has 3 rings (SSSR count). The molecule has 0 spiro atoms. The van der Waals surface area contributed by atoms with Crippen LogP contribution in [0.1, 0.15) is 11.1 Å². The molecule has 0 aliphatic carbocycles. The van der Waals surface area contributed by atoms with Crippen LogP contribution in [0.25, 0.3) is 0 Å². The third kappa shape index (κ3) is 6.79. The van der Waals surface area contributed by atoms with Gasteiger partial charge in [0.25, 0.3) is 5.91 Å². The highest BCUT2D eigenvalue weighted by Crippen LogP contribution is 2.32. The molecular weight excluding hydrogens is 455 g/mol. The van der Waals surface area contributed by atoms with Gasteiger partial charge in [-0.05, 0) is 29.3 Å². The van der Waals surface area contributed by atoms with Gasteiger partial charge in [-0.25, -0.2) is 5.43 Å². The molecule has 1 amide bonds. The van der Waals surface area contributed by atoms with Crippen molar-refractivity contribution in [2.24, 2.45) is 5.10 Å². The molecule has 0 saturated carbocycles. The lowest BCUT2D eigenvalue weighted by Crippen LogP contribution is -2.19. The predicted octanol–water partition coefficient (Wildman–Crippen LogP) is 5.38. The topological polar surface area (TPSA) is 67.2 Å². The number of aromatic nitrogens is 2. The molecule has 3 aromatic rings. The maximum Gasteiger partial charge on any atom is 0.250 e. The molecule has 0 bridgehead atoms. The molecule has 1 aromatic heterocycles. The van der Waals surface area contributed by atoms with Crippen molar-refractivity contribution in [3.63, 3.8) is 0 Å². The second-order valence-corrected chi connectivity index (χ2v) is 9.62. The Hall–Kier alpha value is -1.58. The second kappa shape index (κ2) is 10.8. The molecule has 0 atom stereocenters. The van der Waals surface area contributed by atoms with E-state index >= 15 is 0 Å². The highest BCUT2D eigenvalue weighted by atomic mass is 35.5. The zero-order valence-electron chi connectivity index (χ0n) is 14.3. The smallest absolute Gasteiger partial charge is 0.250 e. The lowest BCUT2D eigenvalue weighted by atomic mass is 10.2. The fourth-order valence-electron chi connectivity index (χ4n) is 1.99. The molecule has 1 N–H and O–H groups in total. The highest BCUT2D eigenvalue weighted by Gasteiger charge is 2.09. The Morgan fingerprint density at radius 1 is 1.11 bits per heavy atom.